The molecule has 7 heteroatoms. The van der Waals surface area contributed by atoms with Crippen LogP contribution < -0.4 is 10.6 Å². The predicted octanol–water partition coefficient (Wildman–Crippen LogP) is 1.98. The van der Waals surface area contributed by atoms with Crippen LogP contribution in [-0.4, -0.2) is 30.5 Å². The van der Waals surface area contributed by atoms with Gasteiger partial charge in [-0.25, -0.2) is 0 Å². The van der Waals surface area contributed by atoms with Crippen LogP contribution >= 0.6 is 11.6 Å². The van der Waals surface area contributed by atoms with Gasteiger partial charge in [-0.2, -0.15) is 0 Å². The van der Waals surface area contributed by atoms with Crippen LogP contribution in [0.2, 0.25) is 5.02 Å². The van der Waals surface area contributed by atoms with E-state index in [4.69, 9.17) is 11.6 Å². The number of nitro groups is 1. The fraction of sp³-hybridized carbons (Fsp3) is 0.417. The molecule has 1 aromatic rings. The highest BCUT2D eigenvalue weighted by Crippen LogP contribution is 2.25. The molecule has 1 rings (SSSR count). The van der Waals surface area contributed by atoms with Gasteiger partial charge in [0.15, 0.2) is 0 Å². The third-order valence-electron chi connectivity index (χ3n) is 2.43. The van der Waals surface area contributed by atoms with Crippen molar-refractivity contribution in [2.24, 2.45) is 0 Å². The van der Waals surface area contributed by atoms with Crippen LogP contribution in [0.25, 0.3) is 0 Å². The normalized spacial score (nSPS) is 10.2. The van der Waals surface area contributed by atoms with Crippen LogP contribution in [0.1, 0.15) is 23.7 Å². The standard InChI is InChI=1S/C12H16ClN3O3/c1-2-6-14-7-8-15-12(17)11-9(13)4-3-5-10(11)16(18)19/h3-5,14H,2,6-8H2,1H3,(H,15,17). The Morgan fingerprint density at radius 1 is 1.37 bits per heavy atom. The smallest absolute Gasteiger partial charge is 0.283 e. The molecular weight excluding hydrogens is 270 g/mol. The van der Waals surface area contributed by atoms with Crippen LogP contribution in [0.3, 0.4) is 0 Å². The Hall–Kier alpha value is -1.66. The summed E-state index contributed by atoms with van der Waals surface area (Å²) in [6.07, 6.45) is 1.00. The summed E-state index contributed by atoms with van der Waals surface area (Å²) in [4.78, 5) is 22.1. The van der Waals surface area contributed by atoms with Gasteiger partial charge in [-0.3, -0.25) is 14.9 Å². The summed E-state index contributed by atoms with van der Waals surface area (Å²) in [5.74, 6) is -0.532. The number of nitro benzene ring substituents is 1. The lowest BCUT2D eigenvalue weighted by Gasteiger charge is -2.07. The van der Waals surface area contributed by atoms with Gasteiger partial charge >= 0.3 is 0 Å². The number of carbonyl (C=O) groups excluding carboxylic acids is 1. The van der Waals surface area contributed by atoms with E-state index in [1.165, 1.54) is 18.2 Å². The molecule has 0 spiro atoms. The second-order valence-electron chi connectivity index (χ2n) is 3.90. The Bertz CT molecular complexity index is 466. The van der Waals surface area contributed by atoms with Crippen molar-refractivity contribution in [2.45, 2.75) is 13.3 Å². The maximum absolute atomic E-state index is 11.9. The van der Waals surface area contributed by atoms with E-state index < -0.39 is 10.8 Å². The van der Waals surface area contributed by atoms with E-state index in [2.05, 4.69) is 10.6 Å². The third-order valence-corrected chi connectivity index (χ3v) is 2.74. The van der Waals surface area contributed by atoms with Gasteiger partial charge in [0, 0.05) is 19.2 Å². The van der Waals surface area contributed by atoms with Crippen molar-refractivity contribution < 1.29 is 9.72 Å². The lowest BCUT2D eigenvalue weighted by molar-refractivity contribution is -0.385. The first-order valence-electron chi connectivity index (χ1n) is 5.99. The second-order valence-corrected chi connectivity index (χ2v) is 4.30. The lowest BCUT2D eigenvalue weighted by Crippen LogP contribution is -2.32. The maximum atomic E-state index is 11.9. The fourth-order valence-electron chi connectivity index (χ4n) is 1.54. The zero-order valence-electron chi connectivity index (χ0n) is 10.6. The second kappa shape index (κ2) is 7.70. The van der Waals surface area contributed by atoms with Crippen LogP contribution in [0.15, 0.2) is 18.2 Å². The number of carbonyl (C=O) groups is 1. The molecule has 0 bridgehead atoms. The van der Waals surface area contributed by atoms with Crippen molar-refractivity contribution in [3.8, 4) is 0 Å². The van der Waals surface area contributed by atoms with E-state index in [1.54, 1.807) is 0 Å². The average Bonchev–Trinajstić information content (AvgIpc) is 2.37. The largest absolute Gasteiger partial charge is 0.350 e. The molecule has 0 saturated heterocycles. The molecule has 0 atom stereocenters. The van der Waals surface area contributed by atoms with Crippen LogP contribution in [-0.2, 0) is 0 Å². The first-order chi connectivity index (χ1) is 9.07. The van der Waals surface area contributed by atoms with Gasteiger partial charge < -0.3 is 10.6 Å². The molecule has 0 saturated carbocycles. The van der Waals surface area contributed by atoms with Crippen LogP contribution in [0.4, 0.5) is 5.69 Å². The van der Waals surface area contributed by atoms with Crippen LogP contribution in [0.5, 0.6) is 0 Å². The minimum atomic E-state index is -0.615. The molecule has 0 radical (unpaired) electrons. The zero-order valence-corrected chi connectivity index (χ0v) is 11.4. The third kappa shape index (κ3) is 4.50. The summed E-state index contributed by atoms with van der Waals surface area (Å²) in [6, 6.07) is 4.16. The predicted molar refractivity (Wildman–Crippen MR) is 73.6 cm³/mol. The molecule has 0 aromatic heterocycles. The Kier molecular flexibility index (Phi) is 6.24. The van der Waals surface area contributed by atoms with E-state index >= 15 is 0 Å². The molecule has 6 nitrogen and oxygen atoms in total. The molecule has 19 heavy (non-hydrogen) atoms. The summed E-state index contributed by atoms with van der Waals surface area (Å²) in [5.41, 5.74) is -0.379. The SMILES string of the molecule is CCCNCCNC(=O)c1c(Cl)cccc1[N+](=O)[O-]. The summed E-state index contributed by atoms with van der Waals surface area (Å²) in [5, 5.41) is 16.6. The number of amides is 1. The van der Waals surface area contributed by atoms with Gasteiger partial charge in [0.05, 0.1) is 9.95 Å². The van der Waals surface area contributed by atoms with E-state index in [0.29, 0.717) is 13.1 Å². The minimum absolute atomic E-state index is 0.0771. The highest BCUT2D eigenvalue weighted by molar-refractivity contribution is 6.34. The Morgan fingerprint density at radius 2 is 2.11 bits per heavy atom. The van der Waals surface area contributed by atoms with E-state index in [1.807, 2.05) is 6.92 Å². The molecule has 1 aromatic carbocycles. The molecule has 0 aliphatic carbocycles. The molecule has 0 unspecified atom stereocenters. The van der Waals surface area contributed by atoms with Crippen molar-refractivity contribution in [3.63, 3.8) is 0 Å². The molecule has 0 heterocycles. The molecule has 0 fully saturated rings. The first kappa shape index (κ1) is 15.4. The quantitative estimate of drug-likeness (QED) is 0.456. The number of nitrogens with zero attached hydrogens (tertiary/aromatic N) is 1. The number of nitrogens with one attached hydrogen (secondary N) is 2. The maximum Gasteiger partial charge on any atom is 0.283 e. The van der Waals surface area contributed by atoms with Gasteiger partial charge in [-0.15, -0.1) is 0 Å². The lowest BCUT2D eigenvalue weighted by atomic mass is 10.1. The number of hydrogen-bond acceptors (Lipinski definition) is 4. The van der Waals surface area contributed by atoms with E-state index in [9.17, 15) is 14.9 Å². The van der Waals surface area contributed by atoms with Gasteiger partial charge in [0.1, 0.15) is 5.56 Å². The van der Waals surface area contributed by atoms with E-state index in [0.717, 1.165) is 13.0 Å². The Morgan fingerprint density at radius 3 is 2.74 bits per heavy atom. The van der Waals surface area contributed by atoms with Gasteiger partial charge in [0.25, 0.3) is 11.6 Å². The van der Waals surface area contributed by atoms with Gasteiger partial charge in [-0.05, 0) is 19.0 Å². The number of benzene rings is 1. The topological polar surface area (TPSA) is 84.3 Å². The van der Waals surface area contributed by atoms with Gasteiger partial charge in [0.2, 0.25) is 0 Å². The monoisotopic (exact) mass is 285 g/mol. The molecule has 0 aliphatic rings. The van der Waals surface area contributed by atoms with E-state index in [-0.39, 0.29) is 16.3 Å². The summed E-state index contributed by atoms with van der Waals surface area (Å²) < 4.78 is 0. The number of halogens is 1. The Balaban J connectivity index is 2.68. The highest BCUT2D eigenvalue weighted by atomic mass is 35.5. The number of rotatable bonds is 7. The van der Waals surface area contributed by atoms with Crippen molar-refractivity contribution in [3.05, 3.63) is 38.9 Å². The molecule has 104 valence electrons. The molecule has 2 N–H and O–H groups in total. The summed E-state index contributed by atoms with van der Waals surface area (Å²) in [6.45, 7) is 3.90. The number of hydrogen-bond donors (Lipinski definition) is 2. The molecule has 1 amide bonds. The highest BCUT2D eigenvalue weighted by Gasteiger charge is 2.22. The van der Waals surface area contributed by atoms with Crippen LogP contribution in [0, 0.1) is 10.1 Å². The summed E-state index contributed by atoms with van der Waals surface area (Å²) in [7, 11) is 0. The van der Waals surface area contributed by atoms with Crippen molar-refractivity contribution >= 4 is 23.2 Å². The van der Waals surface area contributed by atoms with Crippen molar-refractivity contribution in [1.29, 1.82) is 0 Å². The molecule has 0 aliphatic heterocycles. The van der Waals surface area contributed by atoms with Crippen molar-refractivity contribution in [1.82, 2.24) is 10.6 Å². The minimum Gasteiger partial charge on any atom is -0.350 e. The average molecular weight is 286 g/mol. The van der Waals surface area contributed by atoms with Crippen molar-refractivity contribution in [2.75, 3.05) is 19.6 Å². The zero-order chi connectivity index (χ0) is 14.3. The summed E-state index contributed by atoms with van der Waals surface area (Å²) >= 11 is 5.85. The Labute approximate surface area is 116 Å². The first-order valence-corrected chi connectivity index (χ1v) is 6.37. The van der Waals surface area contributed by atoms with Gasteiger partial charge in [-0.1, -0.05) is 24.6 Å². The fourth-order valence-corrected chi connectivity index (χ4v) is 1.80. The molecular formula is C12H16ClN3O3.